The maximum atomic E-state index is 13.3. The predicted octanol–water partition coefficient (Wildman–Crippen LogP) is 4.58. The summed E-state index contributed by atoms with van der Waals surface area (Å²) in [4.78, 5) is 0. The fourth-order valence-corrected chi connectivity index (χ4v) is 2.51. The molecule has 1 heterocycles. The molecule has 3 rings (SSSR count). The van der Waals surface area contributed by atoms with Gasteiger partial charge >= 0.3 is 6.18 Å². The van der Waals surface area contributed by atoms with Gasteiger partial charge in [-0.2, -0.15) is 23.5 Å². The largest absolute Gasteiger partial charge is 0.497 e. The number of hydrogen-bond acceptors (Lipinski definition) is 3. The molecule has 26 heavy (non-hydrogen) atoms. The number of nitriles is 1. The quantitative estimate of drug-likeness (QED) is 0.642. The van der Waals surface area contributed by atoms with Crippen molar-refractivity contribution in [2.24, 2.45) is 0 Å². The van der Waals surface area contributed by atoms with Gasteiger partial charge in [0.25, 0.3) is 0 Å². The van der Waals surface area contributed by atoms with E-state index in [2.05, 4.69) is 5.10 Å². The lowest BCUT2D eigenvalue weighted by molar-refractivity contribution is -0.141. The summed E-state index contributed by atoms with van der Waals surface area (Å²) >= 11 is 0. The van der Waals surface area contributed by atoms with E-state index in [-0.39, 0.29) is 11.4 Å². The topological polar surface area (TPSA) is 50.8 Å². The standard InChI is InChI=1S/C18H11F4N3O/c1-26-14-8-2-11(3-9-14)16-15(10-23)17(18(20,21)22)24-25(16)13-6-4-12(19)5-7-13/h2-9H,1H3. The van der Waals surface area contributed by atoms with Crippen LogP contribution in [-0.2, 0) is 6.18 Å². The molecule has 1 aromatic heterocycles. The average Bonchev–Trinajstić information content (AvgIpc) is 3.02. The summed E-state index contributed by atoms with van der Waals surface area (Å²) in [7, 11) is 1.46. The molecule has 8 heteroatoms. The highest BCUT2D eigenvalue weighted by molar-refractivity contribution is 5.71. The second-order valence-electron chi connectivity index (χ2n) is 5.30. The predicted molar refractivity (Wildman–Crippen MR) is 85.2 cm³/mol. The molecule has 0 radical (unpaired) electrons. The molecule has 0 bridgehead atoms. The van der Waals surface area contributed by atoms with E-state index in [0.717, 1.165) is 16.8 Å². The van der Waals surface area contributed by atoms with Gasteiger partial charge in [0.2, 0.25) is 0 Å². The van der Waals surface area contributed by atoms with Gasteiger partial charge in [-0.25, -0.2) is 9.07 Å². The molecule has 0 saturated carbocycles. The molecule has 0 amide bonds. The Morgan fingerprint density at radius 1 is 1.04 bits per heavy atom. The van der Waals surface area contributed by atoms with Crippen molar-refractivity contribution >= 4 is 0 Å². The van der Waals surface area contributed by atoms with E-state index in [1.54, 1.807) is 18.2 Å². The van der Waals surface area contributed by atoms with Crippen molar-refractivity contribution in [3.05, 3.63) is 65.6 Å². The summed E-state index contributed by atoms with van der Waals surface area (Å²) in [5, 5.41) is 12.9. The van der Waals surface area contributed by atoms with Gasteiger partial charge in [-0.05, 0) is 48.5 Å². The summed E-state index contributed by atoms with van der Waals surface area (Å²) in [5.74, 6) is -0.0281. The van der Waals surface area contributed by atoms with Gasteiger partial charge in [0.1, 0.15) is 23.2 Å². The highest BCUT2D eigenvalue weighted by atomic mass is 19.4. The zero-order valence-corrected chi connectivity index (χ0v) is 13.4. The van der Waals surface area contributed by atoms with Crippen LogP contribution in [0.5, 0.6) is 5.75 Å². The molecule has 0 spiro atoms. The van der Waals surface area contributed by atoms with E-state index in [9.17, 15) is 22.8 Å². The summed E-state index contributed by atoms with van der Waals surface area (Å²) in [6.07, 6.45) is -4.81. The van der Waals surface area contributed by atoms with Crippen LogP contribution in [0.2, 0.25) is 0 Å². The Morgan fingerprint density at radius 2 is 1.65 bits per heavy atom. The number of hydrogen-bond donors (Lipinski definition) is 0. The van der Waals surface area contributed by atoms with E-state index in [4.69, 9.17) is 4.74 Å². The van der Waals surface area contributed by atoms with Crippen molar-refractivity contribution in [3.63, 3.8) is 0 Å². The molecule has 0 aliphatic heterocycles. The number of benzene rings is 2. The summed E-state index contributed by atoms with van der Waals surface area (Å²) in [6, 6.07) is 12.5. The lowest BCUT2D eigenvalue weighted by Gasteiger charge is -2.09. The zero-order valence-electron chi connectivity index (χ0n) is 13.4. The molecule has 0 aliphatic rings. The molecule has 0 saturated heterocycles. The van der Waals surface area contributed by atoms with Crippen molar-refractivity contribution in [1.82, 2.24) is 9.78 Å². The first-order valence-electron chi connectivity index (χ1n) is 7.36. The van der Waals surface area contributed by atoms with Gasteiger partial charge in [-0.3, -0.25) is 0 Å². The molecular formula is C18H11F4N3O. The minimum Gasteiger partial charge on any atom is -0.497 e. The number of aromatic nitrogens is 2. The van der Waals surface area contributed by atoms with Crippen LogP contribution in [0.15, 0.2) is 48.5 Å². The second kappa shape index (κ2) is 6.52. The molecule has 0 atom stereocenters. The van der Waals surface area contributed by atoms with Crippen molar-refractivity contribution < 1.29 is 22.3 Å². The maximum absolute atomic E-state index is 13.3. The van der Waals surface area contributed by atoms with Crippen molar-refractivity contribution in [2.45, 2.75) is 6.18 Å². The third-order valence-corrected chi connectivity index (χ3v) is 3.70. The fourth-order valence-electron chi connectivity index (χ4n) is 2.51. The Bertz CT molecular complexity index is 968. The Labute approximate surface area is 145 Å². The first-order valence-corrected chi connectivity index (χ1v) is 7.36. The van der Waals surface area contributed by atoms with Crippen LogP contribution >= 0.6 is 0 Å². The minimum absolute atomic E-state index is 0.0333. The number of ether oxygens (including phenoxy) is 1. The lowest BCUT2D eigenvalue weighted by Crippen LogP contribution is -2.08. The normalized spacial score (nSPS) is 11.2. The minimum atomic E-state index is -4.81. The van der Waals surface area contributed by atoms with Crippen LogP contribution in [0.3, 0.4) is 0 Å². The van der Waals surface area contributed by atoms with E-state index in [1.165, 1.54) is 31.4 Å². The van der Waals surface area contributed by atoms with E-state index >= 15 is 0 Å². The molecule has 132 valence electrons. The van der Waals surface area contributed by atoms with Gasteiger partial charge < -0.3 is 4.74 Å². The molecule has 3 aromatic rings. The molecule has 0 N–H and O–H groups in total. The van der Waals surface area contributed by atoms with Crippen molar-refractivity contribution in [3.8, 4) is 28.8 Å². The first-order chi connectivity index (χ1) is 12.3. The van der Waals surface area contributed by atoms with Crippen molar-refractivity contribution in [1.29, 1.82) is 5.26 Å². The Balaban J connectivity index is 2.30. The van der Waals surface area contributed by atoms with Gasteiger partial charge in [-0.1, -0.05) is 0 Å². The highest BCUT2D eigenvalue weighted by Gasteiger charge is 2.40. The highest BCUT2D eigenvalue weighted by Crippen LogP contribution is 2.37. The van der Waals surface area contributed by atoms with Crippen LogP contribution in [0.25, 0.3) is 16.9 Å². The number of rotatable bonds is 3. The van der Waals surface area contributed by atoms with E-state index in [1.807, 2.05) is 0 Å². The third kappa shape index (κ3) is 3.11. The van der Waals surface area contributed by atoms with E-state index < -0.39 is 23.3 Å². The SMILES string of the molecule is COc1ccc(-c2c(C#N)c(C(F)(F)F)nn2-c2ccc(F)cc2)cc1. The zero-order chi connectivity index (χ0) is 18.9. The summed E-state index contributed by atoms with van der Waals surface area (Å²) in [5.41, 5.74) is -1.39. The smallest absolute Gasteiger partial charge is 0.436 e. The monoisotopic (exact) mass is 361 g/mol. The lowest BCUT2D eigenvalue weighted by atomic mass is 10.1. The fraction of sp³-hybridized carbons (Fsp3) is 0.111. The van der Waals surface area contributed by atoms with Crippen LogP contribution < -0.4 is 4.74 Å². The first kappa shape index (κ1) is 17.5. The van der Waals surface area contributed by atoms with Gasteiger partial charge in [0.15, 0.2) is 5.69 Å². The van der Waals surface area contributed by atoms with Crippen LogP contribution in [0, 0.1) is 17.1 Å². The average molecular weight is 361 g/mol. The Kier molecular flexibility index (Phi) is 4.38. The molecule has 0 aliphatic carbocycles. The molecule has 4 nitrogen and oxygen atoms in total. The number of nitrogens with zero attached hydrogens (tertiary/aromatic N) is 3. The molecular weight excluding hydrogens is 350 g/mol. The third-order valence-electron chi connectivity index (χ3n) is 3.70. The second-order valence-corrected chi connectivity index (χ2v) is 5.30. The summed E-state index contributed by atoms with van der Waals surface area (Å²) < 4.78 is 59.2. The maximum Gasteiger partial charge on any atom is 0.436 e. The number of halogens is 4. The van der Waals surface area contributed by atoms with Gasteiger partial charge in [0, 0.05) is 5.56 Å². The van der Waals surface area contributed by atoms with Crippen molar-refractivity contribution in [2.75, 3.05) is 7.11 Å². The van der Waals surface area contributed by atoms with Gasteiger partial charge in [-0.15, -0.1) is 0 Å². The Morgan fingerprint density at radius 3 is 2.15 bits per heavy atom. The number of alkyl halides is 3. The van der Waals surface area contributed by atoms with Crippen LogP contribution in [0.4, 0.5) is 17.6 Å². The van der Waals surface area contributed by atoms with Gasteiger partial charge in [0.05, 0.1) is 18.5 Å². The van der Waals surface area contributed by atoms with Crippen LogP contribution in [-0.4, -0.2) is 16.9 Å². The van der Waals surface area contributed by atoms with Crippen LogP contribution in [0.1, 0.15) is 11.3 Å². The number of methoxy groups -OCH3 is 1. The molecule has 2 aromatic carbocycles. The summed E-state index contributed by atoms with van der Waals surface area (Å²) in [6.45, 7) is 0. The molecule has 0 unspecified atom stereocenters. The Hall–Kier alpha value is -3.34. The van der Waals surface area contributed by atoms with E-state index in [0.29, 0.717) is 11.3 Å². The molecule has 0 fully saturated rings.